The maximum absolute atomic E-state index is 12.8. The van der Waals surface area contributed by atoms with Crippen molar-refractivity contribution in [1.82, 2.24) is 9.80 Å². The van der Waals surface area contributed by atoms with Crippen LogP contribution in [0.2, 0.25) is 0 Å². The third kappa shape index (κ3) is 4.26. The maximum Gasteiger partial charge on any atom is 0.320 e. The number of aliphatic carboxylic acids is 1. The second-order valence-electron chi connectivity index (χ2n) is 6.37. The second kappa shape index (κ2) is 6.44. The van der Waals surface area contributed by atoms with Gasteiger partial charge in [-0.3, -0.25) is 4.79 Å². The van der Waals surface area contributed by atoms with Gasteiger partial charge in [-0.25, -0.2) is 4.79 Å². The van der Waals surface area contributed by atoms with E-state index >= 15 is 0 Å². The second-order valence-corrected chi connectivity index (χ2v) is 7.52. The Bertz CT molecular complexity index is 416. The summed E-state index contributed by atoms with van der Waals surface area (Å²) < 4.78 is 5.82. The summed E-state index contributed by atoms with van der Waals surface area (Å²) in [7, 11) is 0. The molecule has 0 spiro atoms. The molecule has 2 amide bonds. The van der Waals surface area contributed by atoms with Crippen LogP contribution in [0.15, 0.2) is 0 Å². The molecule has 2 heterocycles. The summed E-state index contributed by atoms with van der Waals surface area (Å²) in [6, 6.07) is -0.264. The lowest BCUT2D eigenvalue weighted by Crippen LogP contribution is -2.59. The summed E-state index contributed by atoms with van der Waals surface area (Å²) in [6.07, 6.45) is 0.0111. The zero-order valence-electron chi connectivity index (χ0n) is 12.9. The molecule has 0 aromatic carbocycles. The van der Waals surface area contributed by atoms with E-state index < -0.39 is 5.97 Å². The van der Waals surface area contributed by atoms with Crippen LogP contribution < -0.4 is 0 Å². The standard InChI is InChI=1S/C14H24N2O4S/c1-10-7-15(9-14(2,3)20-10)13(19)16-4-5-21-8-11(16)6-12(17)18/h10-11H,4-9H2,1-3H3,(H,17,18). The van der Waals surface area contributed by atoms with Crippen molar-refractivity contribution in [2.24, 2.45) is 0 Å². The van der Waals surface area contributed by atoms with Gasteiger partial charge in [0.15, 0.2) is 0 Å². The minimum atomic E-state index is -0.851. The first-order valence-corrected chi connectivity index (χ1v) is 8.47. The van der Waals surface area contributed by atoms with E-state index in [1.165, 1.54) is 0 Å². The van der Waals surface area contributed by atoms with Crippen LogP contribution in [0.1, 0.15) is 27.2 Å². The molecule has 6 nitrogen and oxygen atoms in total. The molecule has 2 aliphatic rings. The number of carbonyl (C=O) groups excluding carboxylic acids is 1. The zero-order chi connectivity index (χ0) is 15.6. The van der Waals surface area contributed by atoms with E-state index in [-0.39, 0.29) is 30.2 Å². The first kappa shape index (κ1) is 16.4. The zero-order valence-corrected chi connectivity index (χ0v) is 13.7. The van der Waals surface area contributed by atoms with E-state index in [1.807, 2.05) is 20.8 Å². The highest BCUT2D eigenvalue weighted by Crippen LogP contribution is 2.25. The van der Waals surface area contributed by atoms with E-state index in [0.29, 0.717) is 25.4 Å². The minimum absolute atomic E-state index is 0.00482. The molecule has 2 aliphatic heterocycles. The van der Waals surface area contributed by atoms with E-state index in [9.17, 15) is 9.59 Å². The monoisotopic (exact) mass is 316 g/mol. The van der Waals surface area contributed by atoms with Crippen molar-refractivity contribution in [3.8, 4) is 0 Å². The number of carboxylic acids is 1. The summed E-state index contributed by atoms with van der Waals surface area (Å²) in [5.74, 6) is 0.711. The lowest BCUT2D eigenvalue weighted by atomic mass is 10.1. The van der Waals surface area contributed by atoms with Crippen LogP contribution >= 0.6 is 11.8 Å². The van der Waals surface area contributed by atoms with Crippen molar-refractivity contribution in [1.29, 1.82) is 0 Å². The van der Waals surface area contributed by atoms with E-state index in [0.717, 1.165) is 5.75 Å². The van der Waals surface area contributed by atoms with Crippen molar-refractivity contribution in [3.63, 3.8) is 0 Å². The fourth-order valence-corrected chi connectivity index (χ4v) is 4.12. The molecule has 120 valence electrons. The molecule has 2 atom stereocenters. The summed E-state index contributed by atoms with van der Waals surface area (Å²) in [5, 5.41) is 9.02. The first-order chi connectivity index (χ1) is 9.78. The van der Waals surface area contributed by atoms with Gasteiger partial charge in [0.25, 0.3) is 0 Å². The molecule has 0 bridgehead atoms. The smallest absolute Gasteiger partial charge is 0.320 e. The summed E-state index contributed by atoms with van der Waals surface area (Å²) in [4.78, 5) is 27.3. The molecule has 2 saturated heterocycles. The number of ether oxygens (including phenoxy) is 1. The summed E-state index contributed by atoms with van der Waals surface area (Å²) in [5.41, 5.74) is -0.361. The van der Waals surface area contributed by atoms with Crippen LogP contribution in [0, 0.1) is 0 Å². The van der Waals surface area contributed by atoms with Gasteiger partial charge < -0.3 is 19.6 Å². The molecule has 2 unspecified atom stereocenters. The lowest BCUT2D eigenvalue weighted by molar-refractivity contribution is -0.138. The van der Waals surface area contributed by atoms with Crippen molar-refractivity contribution < 1.29 is 19.4 Å². The third-order valence-corrected chi connectivity index (χ3v) is 4.82. The normalized spacial score (nSPS) is 29.3. The predicted octanol–water partition coefficient (Wildman–Crippen LogP) is 1.50. The molecule has 2 rings (SSSR count). The number of carboxylic acid groups (broad SMARTS) is 1. The first-order valence-electron chi connectivity index (χ1n) is 7.31. The average molecular weight is 316 g/mol. The van der Waals surface area contributed by atoms with Crippen LogP contribution in [-0.2, 0) is 9.53 Å². The quantitative estimate of drug-likeness (QED) is 0.836. The van der Waals surface area contributed by atoms with Gasteiger partial charge in [0.05, 0.1) is 30.7 Å². The van der Waals surface area contributed by atoms with Crippen LogP contribution in [0.3, 0.4) is 0 Å². The van der Waals surface area contributed by atoms with Crippen molar-refractivity contribution >= 4 is 23.8 Å². The van der Waals surface area contributed by atoms with Gasteiger partial charge in [-0.15, -0.1) is 0 Å². The Labute approximate surface area is 129 Å². The van der Waals surface area contributed by atoms with Crippen LogP contribution in [-0.4, -0.2) is 75.8 Å². The van der Waals surface area contributed by atoms with Gasteiger partial charge >= 0.3 is 12.0 Å². The predicted molar refractivity (Wildman–Crippen MR) is 81.7 cm³/mol. The van der Waals surface area contributed by atoms with Gasteiger partial charge in [0.2, 0.25) is 0 Å². The van der Waals surface area contributed by atoms with Gasteiger partial charge in [0, 0.05) is 24.6 Å². The lowest BCUT2D eigenvalue weighted by Gasteiger charge is -2.45. The number of thioether (sulfide) groups is 1. The summed E-state index contributed by atoms with van der Waals surface area (Å²) in [6.45, 7) is 7.63. The van der Waals surface area contributed by atoms with E-state index in [2.05, 4.69) is 0 Å². The molecular formula is C14H24N2O4S. The van der Waals surface area contributed by atoms with Gasteiger partial charge in [0.1, 0.15) is 0 Å². The largest absolute Gasteiger partial charge is 0.481 e. The highest BCUT2D eigenvalue weighted by Gasteiger charge is 2.38. The number of nitrogens with zero attached hydrogens (tertiary/aromatic N) is 2. The van der Waals surface area contributed by atoms with E-state index in [4.69, 9.17) is 9.84 Å². The molecule has 0 aromatic heterocycles. The third-order valence-electron chi connectivity index (χ3n) is 3.72. The number of morpholine rings is 1. The van der Waals surface area contributed by atoms with Gasteiger partial charge in [-0.1, -0.05) is 0 Å². The highest BCUT2D eigenvalue weighted by atomic mass is 32.2. The van der Waals surface area contributed by atoms with Crippen LogP contribution in [0.5, 0.6) is 0 Å². The topological polar surface area (TPSA) is 70.1 Å². The number of hydrogen-bond acceptors (Lipinski definition) is 4. The van der Waals surface area contributed by atoms with Gasteiger partial charge in [-0.05, 0) is 20.8 Å². The molecule has 0 radical (unpaired) electrons. The molecule has 7 heteroatoms. The van der Waals surface area contributed by atoms with Crippen molar-refractivity contribution in [2.45, 2.75) is 44.9 Å². The van der Waals surface area contributed by atoms with Gasteiger partial charge in [-0.2, -0.15) is 11.8 Å². The molecule has 0 saturated carbocycles. The SMILES string of the molecule is CC1CN(C(=O)N2CCSCC2CC(=O)O)CC(C)(C)O1. The van der Waals surface area contributed by atoms with Crippen LogP contribution in [0.4, 0.5) is 4.79 Å². The molecule has 2 fully saturated rings. The Balaban J connectivity index is 2.07. The fourth-order valence-electron chi connectivity index (χ4n) is 3.06. The Morgan fingerprint density at radius 1 is 1.43 bits per heavy atom. The van der Waals surface area contributed by atoms with E-state index in [1.54, 1.807) is 21.6 Å². The number of carbonyl (C=O) groups is 2. The highest BCUT2D eigenvalue weighted by molar-refractivity contribution is 7.99. The Morgan fingerprint density at radius 2 is 2.14 bits per heavy atom. The Kier molecular flexibility index (Phi) is 5.03. The molecule has 0 aliphatic carbocycles. The summed E-state index contributed by atoms with van der Waals surface area (Å²) >= 11 is 1.71. The number of hydrogen-bond donors (Lipinski definition) is 1. The Hall–Kier alpha value is -0.950. The number of urea groups is 1. The molecule has 1 N–H and O–H groups in total. The minimum Gasteiger partial charge on any atom is -0.481 e. The number of amides is 2. The maximum atomic E-state index is 12.8. The van der Waals surface area contributed by atoms with Crippen molar-refractivity contribution in [2.75, 3.05) is 31.1 Å². The average Bonchev–Trinajstić information content (AvgIpc) is 2.35. The van der Waals surface area contributed by atoms with Crippen LogP contribution in [0.25, 0.3) is 0 Å². The molecule has 0 aromatic rings. The molecule has 21 heavy (non-hydrogen) atoms. The Morgan fingerprint density at radius 3 is 2.76 bits per heavy atom. The van der Waals surface area contributed by atoms with Crippen molar-refractivity contribution in [3.05, 3.63) is 0 Å². The number of rotatable bonds is 2. The molecular weight excluding hydrogens is 292 g/mol. The fraction of sp³-hybridized carbons (Fsp3) is 0.857.